The Hall–Kier alpha value is -2.63. The lowest BCUT2D eigenvalue weighted by Crippen LogP contribution is -2.21. The summed E-state index contributed by atoms with van der Waals surface area (Å²) in [5.41, 5.74) is 1.84. The van der Waals surface area contributed by atoms with Crippen LogP contribution in [0.5, 0.6) is 5.75 Å². The fourth-order valence-electron chi connectivity index (χ4n) is 2.26. The van der Waals surface area contributed by atoms with Gasteiger partial charge in [0.15, 0.2) is 0 Å². The largest absolute Gasteiger partial charge is 0.493 e. The second-order valence-corrected chi connectivity index (χ2v) is 4.64. The molecule has 0 bridgehead atoms. The Kier molecular flexibility index (Phi) is 3.43. The lowest BCUT2D eigenvalue weighted by molar-refractivity contribution is 0.0524. The minimum atomic E-state index is -0.646. The summed E-state index contributed by atoms with van der Waals surface area (Å²) in [6.07, 6.45) is 0.845. The van der Waals surface area contributed by atoms with E-state index in [-0.39, 0.29) is 12.2 Å². The molecule has 1 aliphatic rings. The average molecular weight is 286 g/mol. The number of rotatable bonds is 3. The Bertz CT molecular complexity index is 752. The van der Waals surface area contributed by atoms with Crippen molar-refractivity contribution in [3.63, 3.8) is 0 Å². The Morgan fingerprint density at radius 2 is 2.29 bits per heavy atom. The molecule has 2 aromatic rings. The van der Waals surface area contributed by atoms with Gasteiger partial charge in [-0.05, 0) is 36.8 Å². The van der Waals surface area contributed by atoms with Gasteiger partial charge in [0.05, 0.1) is 18.9 Å². The third-order valence-electron chi connectivity index (χ3n) is 3.28. The second-order valence-electron chi connectivity index (χ2n) is 4.64. The van der Waals surface area contributed by atoms with Crippen LogP contribution < -0.4 is 10.3 Å². The minimum Gasteiger partial charge on any atom is -0.493 e. The van der Waals surface area contributed by atoms with E-state index < -0.39 is 11.5 Å². The number of esters is 1. The number of fused-ring (bicyclic) bond motifs is 1. The van der Waals surface area contributed by atoms with E-state index in [1.807, 2.05) is 18.2 Å². The number of carbonyl (C=O) groups excluding carboxylic acids is 1. The van der Waals surface area contributed by atoms with Crippen molar-refractivity contribution in [2.45, 2.75) is 13.3 Å². The number of hydrogen-bond donors (Lipinski definition) is 1. The molecule has 0 spiro atoms. The van der Waals surface area contributed by atoms with Crippen LogP contribution in [0.15, 0.2) is 29.1 Å². The number of carbonyl (C=O) groups is 1. The highest BCUT2D eigenvalue weighted by molar-refractivity contribution is 5.90. The van der Waals surface area contributed by atoms with Crippen LogP contribution >= 0.6 is 0 Å². The molecule has 1 aromatic heterocycles. The Labute approximate surface area is 120 Å². The molecule has 0 amide bonds. The van der Waals surface area contributed by atoms with Gasteiger partial charge in [0.2, 0.25) is 0 Å². The van der Waals surface area contributed by atoms with Gasteiger partial charge < -0.3 is 9.47 Å². The van der Waals surface area contributed by atoms with E-state index in [0.29, 0.717) is 12.3 Å². The predicted molar refractivity (Wildman–Crippen MR) is 75.4 cm³/mol. The van der Waals surface area contributed by atoms with Crippen LogP contribution in [-0.4, -0.2) is 29.4 Å². The summed E-state index contributed by atoms with van der Waals surface area (Å²) < 4.78 is 10.3. The van der Waals surface area contributed by atoms with E-state index in [1.165, 1.54) is 6.07 Å². The molecule has 0 saturated heterocycles. The molecule has 1 aliphatic heterocycles. The van der Waals surface area contributed by atoms with Crippen molar-refractivity contribution >= 4 is 5.97 Å². The summed E-state index contributed by atoms with van der Waals surface area (Å²) in [7, 11) is 0. The van der Waals surface area contributed by atoms with Gasteiger partial charge in [0.1, 0.15) is 11.3 Å². The number of hydrogen-bond acceptors (Lipinski definition) is 5. The first-order chi connectivity index (χ1) is 10.2. The van der Waals surface area contributed by atoms with Crippen molar-refractivity contribution < 1.29 is 14.3 Å². The predicted octanol–water partition coefficient (Wildman–Crippen LogP) is 1.55. The zero-order valence-corrected chi connectivity index (χ0v) is 11.5. The Morgan fingerprint density at radius 1 is 1.43 bits per heavy atom. The summed E-state index contributed by atoms with van der Waals surface area (Å²) in [5.74, 6) is 0.223. The first-order valence-corrected chi connectivity index (χ1v) is 6.72. The highest BCUT2D eigenvalue weighted by Gasteiger charge is 2.16. The third kappa shape index (κ3) is 2.52. The van der Waals surface area contributed by atoms with Crippen LogP contribution in [0.3, 0.4) is 0 Å². The average Bonchev–Trinajstić information content (AvgIpc) is 2.95. The van der Waals surface area contributed by atoms with E-state index in [1.54, 1.807) is 6.92 Å². The van der Waals surface area contributed by atoms with Gasteiger partial charge in [-0.3, -0.25) is 4.79 Å². The van der Waals surface area contributed by atoms with Gasteiger partial charge >= 0.3 is 5.97 Å². The third-order valence-corrected chi connectivity index (χ3v) is 3.28. The first-order valence-electron chi connectivity index (χ1n) is 6.72. The number of aromatic nitrogens is 2. The number of benzene rings is 1. The number of nitrogens with zero attached hydrogens (tertiary/aromatic N) is 1. The van der Waals surface area contributed by atoms with Crippen molar-refractivity contribution in [1.29, 1.82) is 0 Å². The van der Waals surface area contributed by atoms with Gasteiger partial charge in [-0.2, -0.15) is 5.10 Å². The van der Waals surface area contributed by atoms with Crippen molar-refractivity contribution in [2.24, 2.45) is 0 Å². The summed E-state index contributed by atoms with van der Waals surface area (Å²) in [6, 6.07) is 7.13. The topological polar surface area (TPSA) is 81.3 Å². The van der Waals surface area contributed by atoms with Crippen LogP contribution in [0.2, 0.25) is 0 Å². The molecule has 0 fully saturated rings. The maximum atomic E-state index is 11.7. The molecule has 108 valence electrons. The molecule has 21 heavy (non-hydrogen) atoms. The smallest absolute Gasteiger partial charge is 0.343 e. The lowest BCUT2D eigenvalue weighted by atomic mass is 10.1. The fourth-order valence-corrected chi connectivity index (χ4v) is 2.26. The molecule has 3 rings (SSSR count). The van der Waals surface area contributed by atoms with Crippen LogP contribution in [0.25, 0.3) is 11.3 Å². The highest BCUT2D eigenvalue weighted by atomic mass is 16.5. The molecule has 0 aliphatic carbocycles. The molecule has 0 saturated carbocycles. The van der Waals surface area contributed by atoms with E-state index in [0.717, 1.165) is 23.3 Å². The Balaban J connectivity index is 2.01. The van der Waals surface area contributed by atoms with Crippen molar-refractivity contribution in [2.75, 3.05) is 13.2 Å². The van der Waals surface area contributed by atoms with Gasteiger partial charge in [-0.25, -0.2) is 9.89 Å². The fraction of sp³-hybridized carbons (Fsp3) is 0.267. The van der Waals surface area contributed by atoms with Crippen molar-refractivity contribution in [3.8, 4) is 17.0 Å². The monoisotopic (exact) mass is 286 g/mol. The van der Waals surface area contributed by atoms with Gasteiger partial charge in [0.25, 0.3) is 5.56 Å². The van der Waals surface area contributed by atoms with Crippen LogP contribution in [-0.2, 0) is 11.2 Å². The summed E-state index contributed by atoms with van der Waals surface area (Å²) in [5, 5.41) is 6.33. The lowest BCUT2D eigenvalue weighted by Gasteiger charge is -2.05. The molecule has 2 heterocycles. The van der Waals surface area contributed by atoms with Crippen LogP contribution in [0, 0.1) is 0 Å². The summed E-state index contributed by atoms with van der Waals surface area (Å²) in [4.78, 5) is 23.4. The molecule has 0 unspecified atom stereocenters. The van der Waals surface area contributed by atoms with Gasteiger partial charge in [-0.1, -0.05) is 0 Å². The van der Waals surface area contributed by atoms with Crippen molar-refractivity contribution in [3.05, 3.63) is 45.7 Å². The number of H-pyrrole nitrogens is 1. The number of ether oxygens (including phenoxy) is 2. The Morgan fingerprint density at radius 3 is 3.10 bits per heavy atom. The minimum absolute atomic E-state index is 0.0430. The van der Waals surface area contributed by atoms with E-state index >= 15 is 0 Å². The first kappa shape index (κ1) is 13.4. The summed E-state index contributed by atoms with van der Waals surface area (Å²) >= 11 is 0. The SMILES string of the molecule is CCOC(=O)c1cc(-c2ccc3c(c2)CCO3)n[nH]c1=O. The van der Waals surface area contributed by atoms with E-state index in [2.05, 4.69) is 10.2 Å². The van der Waals surface area contributed by atoms with E-state index in [9.17, 15) is 9.59 Å². The molecule has 0 radical (unpaired) electrons. The van der Waals surface area contributed by atoms with Gasteiger partial charge in [-0.15, -0.1) is 0 Å². The van der Waals surface area contributed by atoms with E-state index in [4.69, 9.17) is 9.47 Å². The summed E-state index contributed by atoms with van der Waals surface area (Å²) in [6.45, 7) is 2.58. The number of aromatic amines is 1. The van der Waals surface area contributed by atoms with Crippen LogP contribution in [0.4, 0.5) is 0 Å². The molecule has 6 nitrogen and oxygen atoms in total. The maximum absolute atomic E-state index is 11.7. The molecule has 1 N–H and O–H groups in total. The quantitative estimate of drug-likeness (QED) is 0.866. The standard InChI is InChI=1S/C15H14N2O4/c1-2-20-15(19)11-8-12(16-17-14(11)18)9-3-4-13-10(7-9)5-6-21-13/h3-4,7-8H,2,5-6H2,1H3,(H,17,18). The molecule has 6 heteroatoms. The maximum Gasteiger partial charge on any atom is 0.343 e. The molecular weight excluding hydrogens is 272 g/mol. The zero-order valence-electron chi connectivity index (χ0n) is 11.5. The van der Waals surface area contributed by atoms with Crippen LogP contribution in [0.1, 0.15) is 22.8 Å². The molecule has 0 atom stereocenters. The normalized spacial score (nSPS) is 12.6. The second kappa shape index (κ2) is 5.40. The molecule has 1 aromatic carbocycles. The molecular formula is C15H14N2O4. The highest BCUT2D eigenvalue weighted by Crippen LogP contribution is 2.29. The van der Waals surface area contributed by atoms with Gasteiger partial charge in [0, 0.05) is 12.0 Å². The zero-order chi connectivity index (χ0) is 14.8. The van der Waals surface area contributed by atoms with Crippen molar-refractivity contribution in [1.82, 2.24) is 10.2 Å². The number of nitrogens with one attached hydrogen (secondary N) is 1.